The van der Waals surface area contributed by atoms with Gasteiger partial charge in [-0.3, -0.25) is 0 Å². The number of hydrogen-bond acceptors (Lipinski definition) is 3. The Bertz CT molecular complexity index is 142. The molecule has 2 N–H and O–H groups in total. The molecule has 0 radical (unpaired) electrons. The molecule has 0 spiro atoms. The average molecular weight is 201 g/mol. The minimum absolute atomic E-state index is 0.115. The highest BCUT2D eigenvalue weighted by molar-refractivity contribution is 4.77. The molecule has 0 aromatic carbocycles. The van der Waals surface area contributed by atoms with Gasteiger partial charge in [-0.1, -0.05) is 26.7 Å². The van der Waals surface area contributed by atoms with Crippen LogP contribution in [0.25, 0.3) is 0 Å². The van der Waals surface area contributed by atoms with Gasteiger partial charge in [-0.25, -0.2) is 0 Å². The van der Waals surface area contributed by atoms with Crippen molar-refractivity contribution in [2.24, 2.45) is 11.7 Å². The summed E-state index contributed by atoms with van der Waals surface area (Å²) in [5.74, 6) is 0.732. The molecule has 0 saturated carbocycles. The van der Waals surface area contributed by atoms with Crippen LogP contribution in [0.3, 0.4) is 0 Å². The zero-order chi connectivity index (χ0) is 10.4. The standard InChI is InChI=1S/C11H23NO2/c1-3-9(4-2)7-10(12)11-8-13-5-6-14-11/h9-11H,3-8,12H2,1-2H3. The molecule has 1 aliphatic heterocycles. The van der Waals surface area contributed by atoms with Gasteiger partial charge in [0.2, 0.25) is 0 Å². The third kappa shape index (κ3) is 3.56. The van der Waals surface area contributed by atoms with Gasteiger partial charge >= 0.3 is 0 Å². The highest BCUT2D eigenvalue weighted by atomic mass is 16.6. The van der Waals surface area contributed by atoms with Gasteiger partial charge in [-0.2, -0.15) is 0 Å². The van der Waals surface area contributed by atoms with Crippen molar-refractivity contribution in [3.63, 3.8) is 0 Å². The lowest BCUT2D eigenvalue weighted by Crippen LogP contribution is -2.44. The van der Waals surface area contributed by atoms with Gasteiger partial charge in [0, 0.05) is 6.04 Å². The Hall–Kier alpha value is -0.120. The predicted octanol–water partition coefficient (Wildman–Crippen LogP) is 1.56. The van der Waals surface area contributed by atoms with E-state index in [9.17, 15) is 0 Å². The maximum absolute atomic E-state index is 6.10. The number of hydrogen-bond donors (Lipinski definition) is 1. The van der Waals surface area contributed by atoms with Gasteiger partial charge in [0.05, 0.1) is 25.9 Å². The predicted molar refractivity (Wildman–Crippen MR) is 57.2 cm³/mol. The molecule has 3 heteroatoms. The second-order valence-corrected chi connectivity index (χ2v) is 4.07. The van der Waals surface area contributed by atoms with E-state index in [1.165, 1.54) is 12.8 Å². The van der Waals surface area contributed by atoms with Crippen LogP contribution in [0.4, 0.5) is 0 Å². The molecule has 0 aromatic rings. The first-order valence-corrected chi connectivity index (χ1v) is 5.72. The van der Waals surface area contributed by atoms with E-state index in [1.54, 1.807) is 0 Å². The van der Waals surface area contributed by atoms with Crippen LogP contribution in [-0.2, 0) is 9.47 Å². The smallest absolute Gasteiger partial charge is 0.0960 e. The van der Waals surface area contributed by atoms with Crippen LogP contribution in [0.1, 0.15) is 33.1 Å². The summed E-state index contributed by atoms with van der Waals surface area (Å²) in [6.07, 6.45) is 3.58. The Morgan fingerprint density at radius 1 is 1.29 bits per heavy atom. The quantitative estimate of drug-likeness (QED) is 0.734. The maximum Gasteiger partial charge on any atom is 0.0960 e. The summed E-state index contributed by atoms with van der Waals surface area (Å²) in [6, 6.07) is 0.139. The van der Waals surface area contributed by atoms with Crippen molar-refractivity contribution in [1.82, 2.24) is 0 Å². The fourth-order valence-corrected chi connectivity index (χ4v) is 1.91. The summed E-state index contributed by atoms with van der Waals surface area (Å²) < 4.78 is 10.9. The van der Waals surface area contributed by atoms with Crippen molar-refractivity contribution in [1.29, 1.82) is 0 Å². The molecule has 1 saturated heterocycles. The van der Waals surface area contributed by atoms with E-state index in [0.717, 1.165) is 12.3 Å². The van der Waals surface area contributed by atoms with Crippen molar-refractivity contribution in [3.05, 3.63) is 0 Å². The highest BCUT2D eigenvalue weighted by Gasteiger charge is 2.23. The van der Waals surface area contributed by atoms with Crippen LogP contribution in [0, 0.1) is 5.92 Å². The van der Waals surface area contributed by atoms with Gasteiger partial charge in [0.15, 0.2) is 0 Å². The fraction of sp³-hybridized carbons (Fsp3) is 1.00. The molecule has 2 atom stereocenters. The monoisotopic (exact) mass is 201 g/mol. The number of rotatable bonds is 5. The maximum atomic E-state index is 6.10. The van der Waals surface area contributed by atoms with Gasteiger partial charge in [0.1, 0.15) is 0 Å². The van der Waals surface area contributed by atoms with E-state index in [4.69, 9.17) is 15.2 Å². The number of ether oxygens (including phenoxy) is 2. The van der Waals surface area contributed by atoms with Gasteiger partial charge < -0.3 is 15.2 Å². The molecule has 0 aromatic heterocycles. The third-order valence-corrected chi connectivity index (χ3v) is 3.08. The Kier molecular flexibility index (Phi) is 5.45. The second kappa shape index (κ2) is 6.38. The zero-order valence-electron chi connectivity index (χ0n) is 9.37. The molecule has 2 unspecified atom stereocenters. The van der Waals surface area contributed by atoms with Crippen LogP contribution in [0.5, 0.6) is 0 Å². The van der Waals surface area contributed by atoms with Crippen molar-refractivity contribution >= 4 is 0 Å². The minimum Gasteiger partial charge on any atom is -0.376 e. The molecule has 1 aliphatic rings. The summed E-state index contributed by atoms with van der Waals surface area (Å²) in [6.45, 7) is 6.52. The lowest BCUT2D eigenvalue weighted by atomic mass is 9.93. The molecule has 3 nitrogen and oxygen atoms in total. The molecular formula is C11H23NO2. The Morgan fingerprint density at radius 2 is 2.00 bits per heavy atom. The lowest BCUT2D eigenvalue weighted by Gasteiger charge is -2.29. The lowest BCUT2D eigenvalue weighted by molar-refractivity contribution is -0.0991. The van der Waals surface area contributed by atoms with Crippen LogP contribution in [0.15, 0.2) is 0 Å². The van der Waals surface area contributed by atoms with E-state index in [2.05, 4.69) is 13.8 Å². The SMILES string of the molecule is CCC(CC)CC(N)C1COCCO1. The first kappa shape index (κ1) is 12.0. The van der Waals surface area contributed by atoms with E-state index in [-0.39, 0.29) is 12.1 Å². The molecule has 14 heavy (non-hydrogen) atoms. The molecule has 1 fully saturated rings. The fourth-order valence-electron chi connectivity index (χ4n) is 1.91. The molecule has 0 amide bonds. The molecule has 1 rings (SSSR count). The molecule has 1 heterocycles. The zero-order valence-corrected chi connectivity index (χ0v) is 9.37. The summed E-state index contributed by atoms with van der Waals surface area (Å²) in [7, 11) is 0. The average Bonchev–Trinajstić information content (AvgIpc) is 2.26. The largest absolute Gasteiger partial charge is 0.376 e. The Morgan fingerprint density at radius 3 is 2.50 bits per heavy atom. The van der Waals surface area contributed by atoms with Gasteiger partial charge in [0.25, 0.3) is 0 Å². The van der Waals surface area contributed by atoms with E-state index in [1.807, 2.05) is 0 Å². The van der Waals surface area contributed by atoms with Crippen molar-refractivity contribution in [2.45, 2.75) is 45.3 Å². The van der Waals surface area contributed by atoms with Crippen LogP contribution in [0.2, 0.25) is 0 Å². The highest BCUT2D eigenvalue weighted by Crippen LogP contribution is 2.17. The summed E-state index contributed by atoms with van der Waals surface area (Å²) in [4.78, 5) is 0. The molecule has 0 bridgehead atoms. The van der Waals surface area contributed by atoms with Crippen LogP contribution in [-0.4, -0.2) is 32.0 Å². The third-order valence-electron chi connectivity index (χ3n) is 3.08. The first-order valence-electron chi connectivity index (χ1n) is 5.72. The van der Waals surface area contributed by atoms with Gasteiger partial charge in [-0.05, 0) is 12.3 Å². The number of nitrogens with two attached hydrogens (primary N) is 1. The molecule has 84 valence electrons. The molecule has 0 aliphatic carbocycles. The van der Waals surface area contributed by atoms with Crippen molar-refractivity contribution < 1.29 is 9.47 Å². The van der Waals surface area contributed by atoms with E-state index >= 15 is 0 Å². The minimum atomic E-state index is 0.115. The van der Waals surface area contributed by atoms with Crippen LogP contribution >= 0.6 is 0 Å². The molecular weight excluding hydrogens is 178 g/mol. The van der Waals surface area contributed by atoms with Crippen LogP contribution < -0.4 is 5.73 Å². The topological polar surface area (TPSA) is 44.5 Å². The summed E-state index contributed by atoms with van der Waals surface area (Å²) in [5.41, 5.74) is 6.10. The van der Waals surface area contributed by atoms with Gasteiger partial charge in [-0.15, -0.1) is 0 Å². The summed E-state index contributed by atoms with van der Waals surface area (Å²) in [5, 5.41) is 0. The second-order valence-electron chi connectivity index (χ2n) is 4.07. The van der Waals surface area contributed by atoms with E-state index in [0.29, 0.717) is 19.8 Å². The van der Waals surface area contributed by atoms with Crippen molar-refractivity contribution in [2.75, 3.05) is 19.8 Å². The Balaban J connectivity index is 2.27. The Labute approximate surface area is 86.9 Å². The van der Waals surface area contributed by atoms with E-state index < -0.39 is 0 Å². The van der Waals surface area contributed by atoms with Crippen molar-refractivity contribution in [3.8, 4) is 0 Å². The normalized spacial score (nSPS) is 25.3. The first-order chi connectivity index (χ1) is 6.77. The summed E-state index contributed by atoms with van der Waals surface area (Å²) >= 11 is 0.